The van der Waals surface area contributed by atoms with Crippen molar-refractivity contribution in [1.29, 1.82) is 0 Å². The molecular formula is C15H19FN2O3S. The van der Waals surface area contributed by atoms with Crippen LogP contribution in [0.2, 0.25) is 0 Å². The van der Waals surface area contributed by atoms with Gasteiger partial charge >= 0.3 is 6.03 Å². The van der Waals surface area contributed by atoms with Crippen LogP contribution in [0.25, 0.3) is 0 Å². The van der Waals surface area contributed by atoms with Gasteiger partial charge in [0.15, 0.2) is 9.84 Å². The topological polar surface area (TPSA) is 66.5 Å². The van der Waals surface area contributed by atoms with E-state index in [0.717, 1.165) is 11.1 Å². The molecule has 5 nitrogen and oxygen atoms in total. The smallest absolute Gasteiger partial charge is 0.317 e. The number of halogens is 1. The molecule has 1 aromatic rings. The number of aryl methyl sites for hydroxylation is 1. The van der Waals surface area contributed by atoms with Crippen LogP contribution in [0.1, 0.15) is 23.1 Å². The van der Waals surface area contributed by atoms with Crippen molar-refractivity contribution in [3.8, 4) is 0 Å². The molecule has 0 aliphatic carbocycles. The van der Waals surface area contributed by atoms with Crippen molar-refractivity contribution in [3.63, 3.8) is 0 Å². The van der Waals surface area contributed by atoms with Gasteiger partial charge in [-0.05, 0) is 37.0 Å². The number of benzene rings is 1. The number of rotatable bonds is 1. The van der Waals surface area contributed by atoms with Crippen molar-refractivity contribution < 1.29 is 17.6 Å². The fourth-order valence-corrected chi connectivity index (χ4v) is 4.79. The molecule has 2 heterocycles. The lowest BCUT2D eigenvalue weighted by Gasteiger charge is -2.30. The maximum Gasteiger partial charge on any atom is 0.317 e. The molecule has 22 heavy (non-hydrogen) atoms. The van der Waals surface area contributed by atoms with Gasteiger partial charge in [0.05, 0.1) is 18.1 Å². The van der Waals surface area contributed by atoms with E-state index in [2.05, 4.69) is 5.32 Å². The zero-order valence-electron chi connectivity index (χ0n) is 12.4. The van der Waals surface area contributed by atoms with Crippen LogP contribution < -0.4 is 5.32 Å². The Bertz CT molecular complexity index is 718. The Kier molecular flexibility index (Phi) is 3.84. The number of amides is 2. The van der Waals surface area contributed by atoms with E-state index in [4.69, 9.17) is 0 Å². The molecule has 120 valence electrons. The van der Waals surface area contributed by atoms with Gasteiger partial charge in [-0.2, -0.15) is 0 Å². The van der Waals surface area contributed by atoms with Crippen molar-refractivity contribution >= 4 is 15.9 Å². The highest BCUT2D eigenvalue weighted by atomic mass is 32.2. The van der Waals surface area contributed by atoms with Crippen LogP contribution in [0.4, 0.5) is 9.18 Å². The second kappa shape index (κ2) is 5.53. The molecule has 0 saturated carbocycles. The lowest BCUT2D eigenvalue weighted by molar-refractivity contribution is 0.188. The van der Waals surface area contributed by atoms with E-state index in [9.17, 15) is 17.6 Å². The predicted octanol–water partition coefficient (Wildman–Crippen LogP) is 1.39. The monoisotopic (exact) mass is 326 g/mol. The SMILES string of the molecule is Cc1cc(F)c2c(c1)CCN(C(=O)NC1CCS(=O)(=O)C1)C2. The van der Waals surface area contributed by atoms with E-state index in [1.807, 2.05) is 13.0 Å². The Morgan fingerprint density at radius 2 is 2.18 bits per heavy atom. The van der Waals surface area contributed by atoms with Crippen LogP contribution in [0, 0.1) is 12.7 Å². The minimum Gasteiger partial charge on any atom is -0.334 e. The fourth-order valence-electron chi connectivity index (χ4n) is 3.12. The summed E-state index contributed by atoms with van der Waals surface area (Å²) in [6.07, 6.45) is 1.07. The first-order chi connectivity index (χ1) is 10.3. The number of nitrogens with one attached hydrogen (secondary N) is 1. The largest absolute Gasteiger partial charge is 0.334 e. The molecule has 0 radical (unpaired) electrons. The molecule has 2 amide bonds. The number of carbonyl (C=O) groups excluding carboxylic acids is 1. The normalized spacial score (nSPS) is 23.2. The van der Waals surface area contributed by atoms with Gasteiger partial charge in [-0.1, -0.05) is 6.07 Å². The minimum atomic E-state index is -3.03. The lowest BCUT2D eigenvalue weighted by atomic mass is 9.97. The average Bonchev–Trinajstić information content (AvgIpc) is 2.77. The van der Waals surface area contributed by atoms with Crippen LogP contribution in [0.5, 0.6) is 0 Å². The number of nitrogens with zero attached hydrogens (tertiary/aromatic N) is 1. The van der Waals surface area contributed by atoms with Gasteiger partial charge in [-0.15, -0.1) is 0 Å². The molecule has 0 bridgehead atoms. The summed E-state index contributed by atoms with van der Waals surface area (Å²) in [6, 6.07) is 2.79. The summed E-state index contributed by atoms with van der Waals surface area (Å²) in [5.74, 6) is -0.165. The number of sulfone groups is 1. The van der Waals surface area contributed by atoms with Crippen LogP contribution >= 0.6 is 0 Å². The maximum atomic E-state index is 14.0. The van der Waals surface area contributed by atoms with Crippen LogP contribution in [0.15, 0.2) is 12.1 Å². The molecule has 2 aliphatic rings. The maximum absolute atomic E-state index is 14.0. The Morgan fingerprint density at radius 3 is 2.86 bits per heavy atom. The summed E-state index contributed by atoms with van der Waals surface area (Å²) in [5, 5.41) is 2.75. The minimum absolute atomic E-state index is 0.00325. The van der Waals surface area contributed by atoms with E-state index < -0.39 is 9.84 Å². The highest BCUT2D eigenvalue weighted by Gasteiger charge is 2.31. The van der Waals surface area contributed by atoms with E-state index in [-0.39, 0.29) is 35.9 Å². The fraction of sp³-hybridized carbons (Fsp3) is 0.533. The van der Waals surface area contributed by atoms with Crippen LogP contribution in [0.3, 0.4) is 0 Å². The highest BCUT2D eigenvalue weighted by molar-refractivity contribution is 7.91. The Labute approximate surface area is 129 Å². The standard InChI is InChI=1S/C15H19FN2O3S/c1-10-6-11-2-4-18(8-13(11)14(16)7-10)15(19)17-12-3-5-22(20,21)9-12/h6-7,12H,2-5,8-9H2,1H3,(H,17,19). The van der Waals surface area contributed by atoms with Gasteiger partial charge in [0, 0.05) is 18.2 Å². The summed E-state index contributed by atoms with van der Waals surface area (Å²) in [5.41, 5.74) is 2.39. The predicted molar refractivity (Wildman–Crippen MR) is 80.8 cm³/mol. The molecular weight excluding hydrogens is 307 g/mol. The third-order valence-electron chi connectivity index (χ3n) is 4.28. The van der Waals surface area contributed by atoms with Gasteiger partial charge in [0.1, 0.15) is 5.82 Å². The number of carbonyl (C=O) groups is 1. The number of urea groups is 1. The molecule has 3 rings (SSSR count). The van der Waals surface area contributed by atoms with E-state index in [1.54, 1.807) is 4.90 Å². The summed E-state index contributed by atoms with van der Waals surface area (Å²) in [6.45, 7) is 2.59. The molecule has 1 unspecified atom stereocenters. The van der Waals surface area contributed by atoms with E-state index in [0.29, 0.717) is 24.9 Å². The van der Waals surface area contributed by atoms with Crippen LogP contribution in [-0.2, 0) is 22.8 Å². The second-order valence-electron chi connectivity index (χ2n) is 6.11. The quantitative estimate of drug-likeness (QED) is 0.848. The third-order valence-corrected chi connectivity index (χ3v) is 6.05. The van der Waals surface area contributed by atoms with Gasteiger partial charge in [-0.25, -0.2) is 17.6 Å². The lowest BCUT2D eigenvalue weighted by Crippen LogP contribution is -2.47. The molecule has 0 spiro atoms. The molecule has 1 saturated heterocycles. The van der Waals surface area contributed by atoms with E-state index >= 15 is 0 Å². The van der Waals surface area contributed by atoms with E-state index in [1.165, 1.54) is 6.07 Å². The van der Waals surface area contributed by atoms with Crippen LogP contribution in [-0.4, -0.2) is 43.4 Å². The molecule has 1 fully saturated rings. The third kappa shape index (κ3) is 3.09. The Hall–Kier alpha value is -1.63. The number of hydrogen-bond donors (Lipinski definition) is 1. The average molecular weight is 326 g/mol. The first-order valence-electron chi connectivity index (χ1n) is 7.38. The van der Waals surface area contributed by atoms with Crippen molar-refractivity contribution in [3.05, 3.63) is 34.6 Å². The first kappa shape index (κ1) is 15.3. The van der Waals surface area contributed by atoms with Crippen molar-refractivity contribution in [1.82, 2.24) is 10.2 Å². The van der Waals surface area contributed by atoms with Gasteiger partial charge in [-0.3, -0.25) is 0 Å². The zero-order valence-corrected chi connectivity index (χ0v) is 13.2. The number of fused-ring (bicyclic) bond motifs is 1. The van der Waals surface area contributed by atoms with Gasteiger partial charge < -0.3 is 10.2 Å². The molecule has 2 aliphatic heterocycles. The molecule has 1 aromatic carbocycles. The molecule has 1 atom stereocenters. The van der Waals surface area contributed by atoms with Crippen molar-refractivity contribution in [2.45, 2.75) is 32.4 Å². The van der Waals surface area contributed by atoms with Crippen molar-refractivity contribution in [2.75, 3.05) is 18.1 Å². The molecule has 7 heteroatoms. The Morgan fingerprint density at radius 1 is 1.41 bits per heavy atom. The summed E-state index contributed by atoms with van der Waals surface area (Å²) in [4.78, 5) is 13.8. The zero-order chi connectivity index (χ0) is 15.9. The van der Waals surface area contributed by atoms with Gasteiger partial charge in [0.25, 0.3) is 0 Å². The number of hydrogen-bond acceptors (Lipinski definition) is 3. The second-order valence-corrected chi connectivity index (χ2v) is 8.33. The Balaban J connectivity index is 1.68. The highest BCUT2D eigenvalue weighted by Crippen LogP contribution is 2.23. The summed E-state index contributed by atoms with van der Waals surface area (Å²) in [7, 11) is -3.03. The van der Waals surface area contributed by atoms with Crippen molar-refractivity contribution in [2.24, 2.45) is 0 Å². The van der Waals surface area contributed by atoms with Gasteiger partial charge in [0.2, 0.25) is 0 Å². The summed E-state index contributed by atoms with van der Waals surface area (Å²) >= 11 is 0. The summed E-state index contributed by atoms with van der Waals surface area (Å²) < 4.78 is 36.9. The molecule has 0 aromatic heterocycles. The molecule has 1 N–H and O–H groups in total. The first-order valence-corrected chi connectivity index (χ1v) is 9.20.